The molecule has 5 aromatic rings. The molecule has 71 heavy (non-hydrogen) atoms. The number of aryl methyl sites for hydroxylation is 1. The molecule has 2 aromatic carbocycles. The molecule has 2 aliphatic rings. The van der Waals surface area contributed by atoms with Crippen molar-refractivity contribution in [2.24, 2.45) is 17.1 Å². The SMILES string of the molecule is Cc1ncsc1-c1ccc(CNC(=O)[C@@H]2C[C@@H](O)CN2C(=O)[C@@H](N)C(C)(C)C)c(OCCOCCN(C)C[C@H]2CC[C@H](n3cc4cc(NC(=O)c5cccc(C(F)(F)F)n5)c(C(C)(C)O)cc4n3)CC2)c1. The minimum Gasteiger partial charge on any atom is -0.491 e. The summed E-state index contributed by atoms with van der Waals surface area (Å²) in [5, 5.41) is 32.7. The highest BCUT2D eigenvalue weighted by molar-refractivity contribution is 7.13. The standard InChI is InChI=1S/C51H66F3N9O7S/c1-30-44(71-29-57-30)32-13-14-33(25-56-47(66)41-23-36(64)28-62(41)48(67)45(55)49(2,3)4)42(22-32)70-20-19-69-18-17-61(7)26-31-11-15-35(16-12-31)63-27-34-21-40(37(50(5,6)68)24-39(34)60-63)59-46(65)38-9-8-10-43(58-38)51(52,53)54/h8-10,13-14,21-22,24,27,29,31,35-36,41,45,64,68H,11-12,15-20,23,25-26,28,55H2,1-7H3,(H,56,66)(H,59,65)/t31-,35-,36-,41+,45-/m1/s1. The van der Waals surface area contributed by atoms with Gasteiger partial charge in [0.25, 0.3) is 5.91 Å². The number of β-amino-alcohol motifs (C(OH)–C–C–N with tert-alkyl or cyclic N) is 1. The van der Waals surface area contributed by atoms with E-state index >= 15 is 0 Å². The number of alkyl halides is 3. The highest BCUT2D eigenvalue weighted by Gasteiger charge is 2.43. The Morgan fingerprint density at radius 1 is 1.01 bits per heavy atom. The van der Waals surface area contributed by atoms with Gasteiger partial charge in [0, 0.05) is 61.0 Å². The van der Waals surface area contributed by atoms with Crippen LogP contribution < -0.4 is 21.1 Å². The zero-order valence-electron chi connectivity index (χ0n) is 41.4. The van der Waals surface area contributed by atoms with Crippen molar-refractivity contribution in [2.45, 2.75) is 116 Å². The van der Waals surface area contributed by atoms with Crippen molar-refractivity contribution in [3.05, 3.63) is 88.4 Å². The first-order valence-electron chi connectivity index (χ1n) is 24.0. The lowest BCUT2D eigenvalue weighted by Gasteiger charge is -2.32. The number of hydrogen-bond acceptors (Lipinski definition) is 13. The van der Waals surface area contributed by atoms with Crippen molar-refractivity contribution in [1.82, 2.24) is 34.9 Å². The van der Waals surface area contributed by atoms with Gasteiger partial charge in [-0.15, -0.1) is 11.3 Å². The summed E-state index contributed by atoms with van der Waals surface area (Å²) in [6.07, 6.45) is 0.306. The maximum atomic E-state index is 13.5. The molecule has 1 saturated carbocycles. The van der Waals surface area contributed by atoms with Crippen LogP contribution in [0, 0.1) is 18.3 Å². The van der Waals surface area contributed by atoms with Crippen LogP contribution in [-0.4, -0.2) is 122 Å². The molecule has 3 atom stereocenters. The Morgan fingerprint density at radius 2 is 1.76 bits per heavy atom. The molecule has 20 heteroatoms. The molecule has 16 nitrogen and oxygen atoms in total. The van der Waals surface area contributed by atoms with E-state index in [1.54, 1.807) is 31.5 Å². The number of hydrogen-bond donors (Lipinski definition) is 5. The van der Waals surface area contributed by atoms with Crippen LogP contribution in [0.3, 0.4) is 0 Å². The van der Waals surface area contributed by atoms with E-state index in [9.17, 15) is 37.8 Å². The molecule has 0 unspecified atom stereocenters. The van der Waals surface area contributed by atoms with E-state index in [4.69, 9.17) is 20.3 Å². The van der Waals surface area contributed by atoms with Crippen molar-refractivity contribution in [3.63, 3.8) is 0 Å². The first-order valence-corrected chi connectivity index (χ1v) is 24.9. The predicted octanol–water partition coefficient (Wildman–Crippen LogP) is 7.07. The van der Waals surface area contributed by atoms with E-state index in [2.05, 4.69) is 32.5 Å². The topological polar surface area (TPSA) is 210 Å². The molecule has 0 bridgehead atoms. The number of aliphatic hydroxyl groups is 2. The quantitative estimate of drug-likeness (QED) is 0.0559. The number of anilines is 1. The molecule has 0 radical (unpaired) electrons. The van der Waals surface area contributed by atoms with Gasteiger partial charge in [0.05, 0.1) is 58.6 Å². The van der Waals surface area contributed by atoms with Gasteiger partial charge in [-0.2, -0.15) is 18.3 Å². The van der Waals surface area contributed by atoms with Crippen molar-refractivity contribution in [2.75, 3.05) is 51.8 Å². The number of benzene rings is 2. The van der Waals surface area contributed by atoms with Gasteiger partial charge in [0.15, 0.2) is 0 Å². The fourth-order valence-corrected chi connectivity index (χ4v) is 9.96. The summed E-state index contributed by atoms with van der Waals surface area (Å²) < 4.78 is 54.2. The molecule has 7 rings (SSSR count). The van der Waals surface area contributed by atoms with E-state index in [1.807, 2.05) is 56.8 Å². The highest BCUT2D eigenvalue weighted by atomic mass is 32.1. The Labute approximate surface area is 416 Å². The molecule has 1 aliphatic heterocycles. The normalized spacial score (nSPS) is 19.3. The number of pyridine rings is 1. The molecule has 4 heterocycles. The number of thiazole rings is 1. The van der Waals surface area contributed by atoms with E-state index in [0.29, 0.717) is 41.3 Å². The molecule has 2 fully saturated rings. The number of halogens is 3. The Kier molecular flexibility index (Phi) is 16.6. The van der Waals surface area contributed by atoms with Crippen LogP contribution in [0.1, 0.15) is 106 Å². The van der Waals surface area contributed by atoms with Gasteiger partial charge in [0.1, 0.15) is 29.8 Å². The van der Waals surface area contributed by atoms with Gasteiger partial charge in [-0.25, -0.2) is 9.97 Å². The third kappa shape index (κ3) is 13.3. The molecule has 384 valence electrons. The lowest BCUT2D eigenvalue weighted by atomic mass is 9.86. The number of carbonyl (C=O) groups is 3. The second-order valence-corrected chi connectivity index (χ2v) is 21.3. The molecule has 0 spiro atoms. The van der Waals surface area contributed by atoms with Crippen LogP contribution in [-0.2, 0) is 32.6 Å². The van der Waals surface area contributed by atoms with Crippen LogP contribution >= 0.6 is 11.3 Å². The number of aromatic nitrogens is 4. The van der Waals surface area contributed by atoms with Gasteiger partial charge >= 0.3 is 6.18 Å². The van der Waals surface area contributed by atoms with Crippen LogP contribution in [0.5, 0.6) is 5.75 Å². The molecular formula is C51H66F3N9O7S. The van der Waals surface area contributed by atoms with Crippen LogP contribution in [0.2, 0.25) is 0 Å². The van der Waals surface area contributed by atoms with Crippen LogP contribution in [0.25, 0.3) is 21.3 Å². The molecule has 3 amide bonds. The maximum Gasteiger partial charge on any atom is 0.433 e. The van der Waals surface area contributed by atoms with Gasteiger partial charge < -0.3 is 45.9 Å². The fourth-order valence-electron chi connectivity index (χ4n) is 9.16. The van der Waals surface area contributed by atoms with Crippen LogP contribution in [0.15, 0.2) is 60.2 Å². The zero-order valence-corrected chi connectivity index (χ0v) is 42.2. The van der Waals surface area contributed by atoms with Gasteiger partial charge in [-0.1, -0.05) is 39.0 Å². The summed E-state index contributed by atoms with van der Waals surface area (Å²) in [6, 6.07) is 10.8. The average Bonchev–Trinajstić information content (AvgIpc) is 4.06. The number of aliphatic hydroxyl groups excluding tert-OH is 1. The van der Waals surface area contributed by atoms with E-state index < -0.39 is 52.7 Å². The van der Waals surface area contributed by atoms with E-state index in [0.717, 1.165) is 72.6 Å². The molecule has 1 aliphatic carbocycles. The van der Waals surface area contributed by atoms with Gasteiger partial charge in [0.2, 0.25) is 11.8 Å². The average molecular weight is 1010 g/mol. The number of nitrogens with zero attached hydrogens (tertiary/aromatic N) is 6. The van der Waals surface area contributed by atoms with E-state index in [-0.39, 0.29) is 49.7 Å². The van der Waals surface area contributed by atoms with Crippen molar-refractivity contribution in [1.29, 1.82) is 0 Å². The fraction of sp³-hybridized carbons (Fsp3) is 0.529. The minimum absolute atomic E-state index is 0.0453. The lowest BCUT2D eigenvalue weighted by Crippen LogP contribution is -2.54. The molecule has 6 N–H and O–H groups in total. The number of amides is 3. The Morgan fingerprint density at radius 3 is 2.44 bits per heavy atom. The smallest absolute Gasteiger partial charge is 0.433 e. The maximum absolute atomic E-state index is 13.5. The summed E-state index contributed by atoms with van der Waals surface area (Å²) in [6.45, 7) is 13.6. The first kappa shape index (κ1) is 53.3. The number of nitrogens with two attached hydrogens (primary N) is 1. The van der Waals surface area contributed by atoms with E-state index in [1.165, 1.54) is 22.3 Å². The highest BCUT2D eigenvalue weighted by Crippen LogP contribution is 2.37. The molecular weight excluding hydrogens is 940 g/mol. The first-order chi connectivity index (χ1) is 33.5. The summed E-state index contributed by atoms with van der Waals surface area (Å²) in [7, 11) is 2.08. The van der Waals surface area contributed by atoms with Crippen molar-refractivity contribution >= 4 is 45.6 Å². The minimum atomic E-state index is -4.71. The third-order valence-corrected chi connectivity index (χ3v) is 14.3. The lowest BCUT2D eigenvalue weighted by molar-refractivity contribution is -0.141. The summed E-state index contributed by atoms with van der Waals surface area (Å²) in [5.74, 6) is -0.501. The largest absolute Gasteiger partial charge is 0.491 e. The van der Waals surface area contributed by atoms with Crippen molar-refractivity contribution in [3.8, 4) is 16.2 Å². The Hall–Kier alpha value is -5.51. The number of likely N-dealkylation sites (tertiary alicyclic amines) is 1. The second-order valence-electron chi connectivity index (χ2n) is 20.4. The zero-order chi connectivity index (χ0) is 51.4. The number of rotatable bonds is 18. The van der Waals surface area contributed by atoms with Gasteiger partial charge in [-0.05, 0) is 101 Å². The Balaban J connectivity index is 0.881. The van der Waals surface area contributed by atoms with Crippen LogP contribution in [0.4, 0.5) is 18.9 Å². The number of nitrogens with one attached hydrogen (secondary N) is 2. The Bertz CT molecular complexity index is 2670. The summed E-state index contributed by atoms with van der Waals surface area (Å²) >= 11 is 1.53. The number of ether oxygens (including phenoxy) is 2. The molecule has 3 aromatic heterocycles. The summed E-state index contributed by atoms with van der Waals surface area (Å²) in [4.78, 5) is 52.5. The monoisotopic (exact) mass is 1010 g/mol. The third-order valence-electron chi connectivity index (χ3n) is 13.3. The predicted molar refractivity (Wildman–Crippen MR) is 265 cm³/mol. The number of carbonyl (C=O) groups excluding carboxylic acids is 3. The second kappa shape index (κ2) is 22.1. The summed E-state index contributed by atoms with van der Waals surface area (Å²) in [5.41, 5.74) is 8.40. The number of likely N-dealkylation sites (N-methyl/N-ethyl adjacent to an activating group) is 1. The van der Waals surface area contributed by atoms with Gasteiger partial charge in [-0.3, -0.25) is 19.1 Å². The van der Waals surface area contributed by atoms with Crippen molar-refractivity contribution < 1.29 is 47.2 Å². The number of fused-ring (bicyclic) bond motifs is 1. The molecule has 1 saturated heterocycles.